The third-order valence-electron chi connectivity index (χ3n) is 2.98. The van der Waals surface area contributed by atoms with Crippen LogP contribution in [0, 0.1) is 6.92 Å². The van der Waals surface area contributed by atoms with Crippen molar-refractivity contribution in [3.8, 4) is 11.3 Å². The number of carbonyl (C=O) groups is 1. The normalized spacial score (nSPS) is 10.4. The zero-order valence-electron chi connectivity index (χ0n) is 11.7. The van der Waals surface area contributed by atoms with E-state index in [0.717, 1.165) is 21.3 Å². The molecule has 0 aliphatic heterocycles. The van der Waals surface area contributed by atoms with Gasteiger partial charge in [-0.05, 0) is 43.7 Å². The molecule has 5 heteroatoms. The standard InChI is InChI=1S/C15H16BrN3O/c1-10-4-5-12(16)8-13(10)14-6-7-15(18-17-14)19(3)9-11(2)20/h4-8H,9H2,1-3H3. The lowest BCUT2D eigenvalue weighted by Gasteiger charge is -2.15. The lowest BCUT2D eigenvalue weighted by Crippen LogP contribution is -2.24. The summed E-state index contributed by atoms with van der Waals surface area (Å²) in [5, 5.41) is 8.44. The Hall–Kier alpha value is -1.75. The topological polar surface area (TPSA) is 46.1 Å². The van der Waals surface area contributed by atoms with Crippen LogP contribution in [0.25, 0.3) is 11.3 Å². The van der Waals surface area contributed by atoms with Gasteiger partial charge in [0, 0.05) is 17.1 Å². The number of hydrogen-bond donors (Lipinski definition) is 0. The smallest absolute Gasteiger partial charge is 0.151 e. The molecule has 2 rings (SSSR count). The highest BCUT2D eigenvalue weighted by atomic mass is 79.9. The van der Waals surface area contributed by atoms with Crippen LogP contribution in [0.1, 0.15) is 12.5 Å². The Morgan fingerprint density at radius 3 is 2.60 bits per heavy atom. The summed E-state index contributed by atoms with van der Waals surface area (Å²) in [6, 6.07) is 9.87. The molecule has 0 saturated heterocycles. The largest absolute Gasteiger partial charge is 0.351 e. The van der Waals surface area contributed by atoms with E-state index < -0.39 is 0 Å². The number of anilines is 1. The van der Waals surface area contributed by atoms with Crippen LogP contribution in [0.3, 0.4) is 0 Å². The van der Waals surface area contributed by atoms with E-state index in [4.69, 9.17) is 0 Å². The molecule has 0 aliphatic carbocycles. The molecule has 0 atom stereocenters. The first-order chi connectivity index (χ1) is 9.47. The van der Waals surface area contributed by atoms with Crippen LogP contribution in [0.5, 0.6) is 0 Å². The molecule has 0 N–H and O–H groups in total. The molecule has 0 aliphatic rings. The number of benzene rings is 1. The lowest BCUT2D eigenvalue weighted by atomic mass is 10.1. The van der Waals surface area contributed by atoms with Crippen LogP contribution in [0.15, 0.2) is 34.8 Å². The quantitative estimate of drug-likeness (QED) is 0.861. The minimum atomic E-state index is 0.0983. The van der Waals surface area contributed by atoms with Gasteiger partial charge in [-0.1, -0.05) is 22.0 Å². The van der Waals surface area contributed by atoms with Crippen molar-refractivity contribution in [2.45, 2.75) is 13.8 Å². The number of aromatic nitrogens is 2. The molecule has 0 amide bonds. The molecule has 0 unspecified atom stereocenters. The van der Waals surface area contributed by atoms with Gasteiger partial charge < -0.3 is 4.90 Å². The van der Waals surface area contributed by atoms with Crippen LogP contribution in [0.4, 0.5) is 5.82 Å². The SMILES string of the molecule is CC(=O)CN(C)c1ccc(-c2cc(Br)ccc2C)nn1. The number of likely N-dealkylation sites (N-methyl/N-ethyl adjacent to an activating group) is 1. The summed E-state index contributed by atoms with van der Waals surface area (Å²) in [6.45, 7) is 3.94. The first kappa shape index (κ1) is 14.7. The van der Waals surface area contributed by atoms with Gasteiger partial charge in [0.25, 0.3) is 0 Å². The first-order valence-corrected chi connectivity index (χ1v) is 7.07. The number of hydrogen-bond acceptors (Lipinski definition) is 4. The zero-order valence-corrected chi connectivity index (χ0v) is 13.3. The Kier molecular flexibility index (Phi) is 4.49. The maximum absolute atomic E-state index is 11.1. The summed E-state index contributed by atoms with van der Waals surface area (Å²) in [5.74, 6) is 0.790. The second-order valence-corrected chi connectivity index (χ2v) is 5.71. The van der Waals surface area contributed by atoms with Crippen LogP contribution in [0.2, 0.25) is 0 Å². The van der Waals surface area contributed by atoms with Gasteiger partial charge in [0.2, 0.25) is 0 Å². The number of nitrogens with zero attached hydrogens (tertiary/aromatic N) is 3. The highest BCUT2D eigenvalue weighted by Gasteiger charge is 2.08. The highest BCUT2D eigenvalue weighted by Crippen LogP contribution is 2.25. The molecule has 2 aromatic rings. The van der Waals surface area contributed by atoms with Gasteiger partial charge in [0.15, 0.2) is 5.82 Å². The van der Waals surface area contributed by atoms with Crippen LogP contribution < -0.4 is 4.90 Å². The Bertz CT molecular complexity index is 626. The van der Waals surface area contributed by atoms with Crippen molar-refractivity contribution < 1.29 is 4.79 Å². The third kappa shape index (κ3) is 3.42. The van der Waals surface area contributed by atoms with E-state index in [1.807, 2.05) is 44.3 Å². The van der Waals surface area contributed by atoms with Crippen molar-refractivity contribution >= 4 is 27.5 Å². The number of rotatable bonds is 4. The van der Waals surface area contributed by atoms with E-state index in [-0.39, 0.29) is 5.78 Å². The molecular weight excluding hydrogens is 318 g/mol. The van der Waals surface area contributed by atoms with Gasteiger partial charge in [0.1, 0.15) is 5.78 Å². The number of Topliss-reactive ketones (excluding diaryl/α,β-unsaturated/α-hetero) is 1. The molecule has 1 aromatic carbocycles. The second kappa shape index (κ2) is 6.13. The molecule has 0 saturated carbocycles. The van der Waals surface area contributed by atoms with E-state index in [1.54, 1.807) is 11.8 Å². The lowest BCUT2D eigenvalue weighted by molar-refractivity contribution is -0.115. The van der Waals surface area contributed by atoms with Gasteiger partial charge in [-0.15, -0.1) is 10.2 Å². The average molecular weight is 334 g/mol. The molecule has 0 bridgehead atoms. The van der Waals surface area contributed by atoms with Gasteiger partial charge in [-0.25, -0.2) is 0 Å². The highest BCUT2D eigenvalue weighted by molar-refractivity contribution is 9.10. The van der Waals surface area contributed by atoms with E-state index in [2.05, 4.69) is 26.1 Å². The van der Waals surface area contributed by atoms with Crippen LogP contribution in [-0.2, 0) is 4.79 Å². The van der Waals surface area contributed by atoms with Gasteiger partial charge in [0.05, 0.1) is 12.2 Å². The van der Waals surface area contributed by atoms with Gasteiger partial charge >= 0.3 is 0 Å². The Morgan fingerprint density at radius 2 is 2.00 bits per heavy atom. The van der Waals surface area contributed by atoms with Crippen molar-refractivity contribution in [3.05, 3.63) is 40.4 Å². The first-order valence-electron chi connectivity index (χ1n) is 6.28. The molecule has 1 heterocycles. The molecule has 0 spiro atoms. The predicted octanol–water partition coefficient (Wildman–Crippen LogP) is 3.24. The molecule has 4 nitrogen and oxygen atoms in total. The second-order valence-electron chi connectivity index (χ2n) is 4.79. The summed E-state index contributed by atoms with van der Waals surface area (Å²) >= 11 is 3.46. The van der Waals surface area contributed by atoms with Crippen molar-refractivity contribution in [1.29, 1.82) is 0 Å². The van der Waals surface area contributed by atoms with Crippen LogP contribution >= 0.6 is 15.9 Å². The van der Waals surface area contributed by atoms with Crippen LogP contribution in [-0.4, -0.2) is 29.6 Å². The third-order valence-corrected chi connectivity index (χ3v) is 3.47. The maximum atomic E-state index is 11.1. The molecule has 20 heavy (non-hydrogen) atoms. The molecular formula is C15H16BrN3O. The Labute approximate surface area is 127 Å². The van der Waals surface area contributed by atoms with Crippen molar-refractivity contribution in [3.63, 3.8) is 0 Å². The van der Waals surface area contributed by atoms with E-state index in [1.165, 1.54) is 0 Å². The zero-order chi connectivity index (χ0) is 14.7. The Balaban J connectivity index is 2.28. The molecule has 1 aromatic heterocycles. The van der Waals surface area contributed by atoms with E-state index in [9.17, 15) is 4.79 Å². The Morgan fingerprint density at radius 1 is 1.25 bits per heavy atom. The number of aryl methyl sites for hydroxylation is 1. The molecule has 0 fully saturated rings. The minimum absolute atomic E-state index is 0.0983. The summed E-state index contributed by atoms with van der Waals surface area (Å²) in [7, 11) is 1.83. The summed E-state index contributed by atoms with van der Waals surface area (Å²) < 4.78 is 1.01. The number of halogens is 1. The van der Waals surface area contributed by atoms with Gasteiger partial charge in [-0.3, -0.25) is 4.79 Å². The average Bonchev–Trinajstić information content (AvgIpc) is 2.41. The fraction of sp³-hybridized carbons (Fsp3) is 0.267. The fourth-order valence-corrected chi connectivity index (χ4v) is 2.32. The van der Waals surface area contributed by atoms with Crippen molar-refractivity contribution in [2.24, 2.45) is 0 Å². The number of ketones is 1. The van der Waals surface area contributed by atoms with E-state index in [0.29, 0.717) is 12.4 Å². The minimum Gasteiger partial charge on any atom is -0.351 e. The predicted molar refractivity (Wildman–Crippen MR) is 83.9 cm³/mol. The molecule has 0 radical (unpaired) electrons. The van der Waals surface area contributed by atoms with Crippen molar-refractivity contribution in [1.82, 2.24) is 10.2 Å². The summed E-state index contributed by atoms with van der Waals surface area (Å²) in [5.41, 5.74) is 3.02. The van der Waals surface area contributed by atoms with E-state index >= 15 is 0 Å². The fourth-order valence-electron chi connectivity index (χ4n) is 1.96. The summed E-state index contributed by atoms with van der Waals surface area (Å²) in [4.78, 5) is 12.9. The maximum Gasteiger partial charge on any atom is 0.151 e. The molecule has 104 valence electrons. The number of carbonyl (C=O) groups excluding carboxylic acids is 1. The van der Waals surface area contributed by atoms with Crippen molar-refractivity contribution in [2.75, 3.05) is 18.5 Å². The monoisotopic (exact) mass is 333 g/mol. The summed E-state index contributed by atoms with van der Waals surface area (Å²) in [6.07, 6.45) is 0. The van der Waals surface area contributed by atoms with Gasteiger partial charge in [-0.2, -0.15) is 0 Å².